The van der Waals surface area contributed by atoms with Gasteiger partial charge in [-0.3, -0.25) is 0 Å². The number of aryl methyl sites for hydroxylation is 2. The molecule has 2 amide bonds. The van der Waals surface area contributed by atoms with Crippen LogP contribution in [0, 0.1) is 13.8 Å². The van der Waals surface area contributed by atoms with Gasteiger partial charge in [0.1, 0.15) is 0 Å². The minimum atomic E-state index is -0.232. The van der Waals surface area contributed by atoms with Gasteiger partial charge in [0, 0.05) is 11.4 Å². The van der Waals surface area contributed by atoms with Gasteiger partial charge >= 0.3 is 6.03 Å². The fraction of sp³-hybridized carbons (Fsp3) is 0.133. The first-order valence-electron chi connectivity index (χ1n) is 5.85. The lowest BCUT2D eigenvalue weighted by molar-refractivity contribution is 0.262. The minimum absolute atomic E-state index is 0.232. The Balaban J connectivity index is 1.98. The summed E-state index contributed by atoms with van der Waals surface area (Å²) < 4.78 is 0. The SMILES string of the molecule is Cc1ccc(NC(=O)Nc2cccc(C)c2)cc1. The number of benzene rings is 2. The maximum Gasteiger partial charge on any atom is 0.323 e. The summed E-state index contributed by atoms with van der Waals surface area (Å²) >= 11 is 0. The first-order valence-corrected chi connectivity index (χ1v) is 5.85. The molecule has 18 heavy (non-hydrogen) atoms. The van der Waals surface area contributed by atoms with Gasteiger partial charge in [-0.05, 0) is 43.7 Å². The molecule has 0 aliphatic carbocycles. The van der Waals surface area contributed by atoms with Crippen molar-refractivity contribution in [3.63, 3.8) is 0 Å². The third-order valence-electron chi connectivity index (χ3n) is 2.59. The fourth-order valence-electron chi connectivity index (χ4n) is 1.65. The third kappa shape index (κ3) is 3.35. The molecule has 0 aliphatic heterocycles. The molecule has 0 radical (unpaired) electrons. The highest BCUT2D eigenvalue weighted by molar-refractivity contribution is 5.99. The molecular weight excluding hydrogens is 224 g/mol. The molecule has 0 unspecified atom stereocenters. The summed E-state index contributed by atoms with van der Waals surface area (Å²) in [6.07, 6.45) is 0. The highest BCUT2D eigenvalue weighted by atomic mass is 16.2. The Hall–Kier alpha value is -2.29. The quantitative estimate of drug-likeness (QED) is 0.820. The van der Waals surface area contributed by atoms with Crippen LogP contribution in [0.2, 0.25) is 0 Å². The molecular formula is C15H16N2O. The maximum atomic E-state index is 11.8. The summed E-state index contributed by atoms with van der Waals surface area (Å²) in [4.78, 5) is 11.8. The smallest absolute Gasteiger partial charge is 0.308 e. The number of amides is 2. The van der Waals surface area contributed by atoms with Crippen LogP contribution in [0.4, 0.5) is 16.2 Å². The molecule has 0 saturated carbocycles. The predicted octanol–water partition coefficient (Wildman–Crippen LogP) is 3.95. The maximum absolute atomic E-state index is 11.8. The lowest BCUT2D eigenvalue weighted by Gasteiger charge is -2.08. The first kappa shape index (κ1) is 12.2. The van der Waals surface area contributed by atoms with Crippen molar-refractivity contribution in [2.75, 3.05) is 10.6 Å². The molecule has 92 valence electrons. The van der Waals surface area contributed by atoms with E-state index in [9.17, 15) is 4.79 Å². The zero-order valence-corrected chi connectivity index (χ0v) is 10.5. The van der Waals surface area contributed by atoms with E-state index < -0.39 is 0 Å². The predicted molar refractivity (Wildman–Crippen MR) is 75.0 cm³/mol. The van der Waals surface area contributed by atoms with E-state index in [1.165, 1.54) is 5.56 Å². The van der Waals surface area contributed by atoms with Gasteiger partial charge < -0.3 is 10.6 Å². The van der Waals surface area contributed by atoms with E-state index in [4.69, 9.17) is 0 Å². The van der Waals surface area contributed by atoms with Gasteiger partial charge in [0.25, 0.3) is 0 Å². The van der Waals surface area contributed by atoms with E-state index in [2.05, 4.69) is 10.6 Å². The zero-order chi connectivity index (χ0) is 13.0. The molecule has 2 aromatic rings. The highest BCUT2D eigenvalue weighted by Gasteiger charge is 2.02. The Morgan fingerprint density at radius 3 is 2.17 bits per heavy atom. The van der Waals surface area contributed by atoms with Crippen molar-refractivity contribution < 1.29 is 4.79 Å². The fourth-order valence-corrected chi connectivity index (χ4v) is 1.65. The minimum Gasteiger partial charge on any atom is -0.308 e. The Morgan fingerprint density at radius 1 is 0.833 bits per heavy atom. The van der Waals surface area contributed by atoms with Crippen LogP contribution in [0.15, 0.2) is 48.5 Å². The molecule has 0 atom stereocenters. The summed E-state index contributed by atoms with van der Waals surface area (Å²) in [5.74, 6) is 0. The first-order chi connectivity index (χ1) is 8.63. The van der Waals surface area contributed by atoms with Crippen molar-refractivity contribution in [2.45, 2.75) is 13.8 Å². The molecule has 0 spiro atoms. The summed E-state index contributed by atoms with van der Waals surface area (Å²) in [5.41, 5.74) is 3.85. The van der Waals surface area contributed by atoms with Gasteiger partial charge in [-0.15, -0.1) is 0 Å². The van der Waals surface area contributed by atoms with Gasteiger partial charge in [-0.1, -0.05) is 29.8 Å². The van der Waals surface area contributed by atoms with Crippen molar-refractivity contribution in [3.05, 3.63) is 59.7 Å². The van der Waals surface area contributed by atoms with Crippen molar-refractivity contribution in [1.82, 2.24) is 0 Å². The standard InChI is InChI=1S/C15H16N2O/c1-11-6-8-13(9-7-11)16-15(18)17-14-5-3-4-12(2)10-14/h3-10H,1-2H3,(H2,16,17,18). The largest absolute Gasteiger partial charge is 0.323 e. The number of carbonyl (C=O) groups is 1. The average Bonchev–Trinajstić information content (AvgIpc) is 2.32. The Morgan fingerprint density at radius 2 is 1.50 bits per heavy atom. The van der Waals surface area contributed by atoms with Crippen LogP contribution >= 0.6 is 0 Å². The molecule has 0 bridgehead atoms. The normalized spacial score (nSPS) is 9.89. The number of hydrogen-bond donors (Lipinski definition) is 2. The van der Waals surface area contributed by atoms with Crippen LogP contribution in [0.1, 0.15) is 11.1 Å². The van der Waals surface area contributed by atoms with Crippen LogP contribution in [0.3, 0.4) is 0 Å². The van der Waals surface area contributed by atoms with Crippen molar-refractivity contribution in [1.29, 1.82) is 0 Å². The summed E-state index contributed by atoms with van der Waals surface area (Å²) in [6, 6.07) is 15.1. The van der Waals surface area contributed by atoms with Gasteiger partial charge in [-0.25, -0.2) is 4.79 Å². The van der Waals surface area contributed by atoms with E-state index in [0.717, 1.165) is 16.9 Å². The van der Waals surface area contributed by atoms with E-state index in [-0.39, 0.29) is 6.03 Å². The van der Waals surface area contributed by atoms with E-state index in [1.54, 1.807) is 0 Å². The van der Waals surface area contributed by atoms with Crippen LogP contribution in [0.25, 0.3) is 0 Å². The number of carbonyl (C=O) groups excluding carboxylic acids is 1. The molecule has 2 rings (SSSR count). The molecule has 2 N–H and O–H groups in total. The average molecular weight is 240 g/mol. The second kappa shape index (κ2) is 5.36. The van der Waals surface area contributed by atoms with E-state index in [1.807, 2.05) is 62.4 Å². The second-order valence-corrected chi connectivity index (χ2v) is 4.31. The van der Waals surface area contributed by atoms with Crippen LogP contribution in [-0.2, 0) is 0 Å². The van der Waals surface area contributed by atoms with Crippen LogP contribution in [0.5, 0.6) is 0 Å². The number of urea groups is 1. The topological polar surface area (TPSA) is 41.1 Å². The van der Waals surface area contributed by atoms with E-state index >= 15 is 0 Å². The molecule has 0 saturated heterocycles. The highest BCUT2D eigenvalue weighted by Crippen LogP contribution is 2.12. The lowest BCUT2D eigenvalue weighted by Crippen LogP contribution is -2.19. The number of rotatable bonds is 2. The van der Waals surface area contributed by atoms with Crippen LogP contribution in [-0.4, -0.2) is 6.03 Å². The molecule has 2 aromatic carbocycles. The molecule has 0 aliphatic rings. The summed E-state index contributed by atoms with van der Waals surface area (Å²) in [6.45, 7) is 4.00. The monoisotopic (exact) mass is 240 g/mol. The Labute approximate surface area is 107 Å². The Kier molecular flexibility index (Phi) is 3.63. The molecule has 3 nitrogen and oxygen atoms in total. The third-order valence-corrected chi connectivity index (χ3v) is 2.59. The number of hydrogen-bond acceptors (Lipinski definition) is 1. The van der Waals surface area contributed by atoms with Crippen molar-refractivity contribution in [2.24, 2.45) is 0 Å². The van der Waals surface area contributed by atoms with Crippen LogP contribution < -0.4 is 10.6 Å². The Bertz CT molecular complexity index is 547. The summed E-state index contributed by atoms with van der Waals surface area (Å²) in [5, 5.41) is 5.58. The number of nitrogens with one attached hydrogen (secondary N) is 2. The van der Waals surface area contributed by atoms with Crippen molar-refractivity contribution >= 4 is 17.4 Å². The molecule has 0 aromatic heterocycles. The van der Waals surface area contributed by atoms with E-state index in [0.29, 0.717) is 0 Å². The molecule has 0 fully saturated rings. The van der Waals surface area contributed by atoms with Gasteiger partial charge in [0.05, 0.1) is 0 Å². The zero-order valence-electron chi connectivity index (χ0n) is 10.5. The summed E-state index contributed by atoms with van der Waals surface area (Å²) in [7, 11) is 0. The van der Waals surface area contributed by atoms with Gasteiger partial charge in [0.2, 0.25) is 0 Å². The van der Waals surface area contributed by atoms with Crippen molar-refractivity contribution in [3.8, 4) is 0 Å². The lowest BCUT2D eigenvalue weighted by atomic mass is 10.2. The molecule has 0 heterocycles. The van der Waals surface area contributed by atoms with Gasteiger partial charge in [0.15, 0.2) is 0 Å². The van der Waals surface area contributed by atoms with Gasteiger partial charge in [-0.2, -0.15) is 0 Å². The molecule has 3 heteroatoms. The number of anilines is 2. The second-order valence-electron chi connectivity index (χ2n) is 4.31.